The molecule has 1 amide bonds. The van der Waals surface area contributed by atoms with Crippen LogP contribution in [0.25, 0.3) is 0 Å². The third-order valence-electron chi connectivity index (χ3n) is 5.19. The molecule has 5 nitrogen and oxygen atoms in total. The minimum absolute atomic E-state index is 0.112. The minimum atomic E-state index is 0.112. The summed E-state index contributed by atoms with van der Waals surface area (Å²) in [6, 6.07) is 7.71. The van der Waals surface area contributed by atoms with Gasteiger partial charge in [-0.1, -0.05) is 12.1 Å². The van der Waals surface area contributed by atoms with Crippen LogP contribution >= 0.6 is 11.3 Å². The molecular formula is C20H25N3O2S. The summed E-state index contributed by atoms with van der Waals surface area (Å²) in [6.45, 7) is 3.61. The Bertz CT molecular complexity index is 720. The second kappa shape index (κ2) is 8.08. The van der Waals surface area contributed by atoms with Crippen LogP contribution in [0.3, 0.4) is 0 Å². The number of benzene rings is 1. The number of nitrogens with zero attached hydrogens (tertiary/aromatic N) is 3. The van der Waals surface area contributed by atoms with Crippen LogP contribution in [0.4, 0.5) is 5.13 Å². The first kappa shape index (κ1) is 17.3. The zero-order valence-electron chi connectivity index (χ0n) is 15.0. The summed E-state index contributed by atoms with van der Waals surface area (Å²) in [5.41, 5.74) is 0.705. The predicted octanol–water partition coefficient (Wildman–Crippen LogP) is 3.82. The predicted molar refractivity (Wildman–Crippen MR) is 104 cm³/mol. The molecule has 1 aromatic heterocycles. The van der Waals surface area contributed by atoms with Gasteiger partial charge in [-0.25, -0.2) is 4.98 Å². The van der Waals surface area contributed by atoms with Crippen LogP contribution < -0.4 is 9.64 Å². The molecule has 138 valence electrons. The lowest BCUT2D eigenvalue weighted by atomic mass is 10.1. The van der Waals surface area contributed by atoms with Crippen molar-refractivity contribution >= 4 is 22.4 Å². The number of piperidine rings is 2. The zero-order valence-corrected chi connectivity index (χ0v) is 15.8. The maximum atomic E-state index is 12.9. The van der Waals surface area contributed by atoms with Crippen molar-refractivity contribution in [2.45, 2.75) is 38.2 Å². The molecule has 0 aliphatic carbocycles. The van der Waals surface area contributed by atoms with E-state index in [4.69, 9.17) is 4.74 Å². The maximum Gasteiger partial charge on any atom is 0.257 e. The number of ether oxygens (including phenoxy) is 1. The quantitative estimate of drug-likeness (QED) is 0.820. The van der Waals surface area contributed by atoms with Crippen molar-refractivity contribution in [3.05, 3.63) is 41.4 Å². The smallest absolute Gasteiger partial charge is 0.257 e. The number of anilines is 1. The summed E-state index contributed by atoms with van der Waals surface area (Å²) < 4.78 is 6.27. The van der Waals surface area contributed by atoms with Crippen molar-refractivity contribution < 1.29 is 9.53 Å². The third-order valence-corrected chi connectivity index (χ3v) is 6.02. The molecule has 0 N–H and O–H groups in total. The van der Waals surface area contributed by atoms with Gasteiger partial charge in [0.25, 0.3) is 5.91 Å². The topological polar surface area (TPSA) is 45.7 Å². The molecule has 0 atom stereocenters. The molecule has 0 bridgehead atoms. The molecule has 1 aromatic carbocycles. The number of hydrogen-bond acceptors (Lipinski definition) is 5. The van der Waals surface area contributed by atoms with E-state index >= 15 is 0 Å². The van der Waals surface area contributed by atoms with E-state index in [2.05, 4.69) is 9.88 Å². The van der Waals surface area contributed by atoms with Gasteiger partial charge in [0.05, 0.1) is 5.56 Å². The third kappa shape index (κ3) is 3.85. The highest BCUT2D eigenvalue weighted by Crippen LogP contribution is 2.27. The fraction of sp³-hybridized carbons (Fsp3) is 0.500. The van der Waals surface area contributed by atoms with Gasteiger partial charge in [0.15, 0.2) is 5.13 Å². The summed E-state index contributed by atoms with van der Waals surface area (Å²) in [4.78, 5) is 21.6. The number of hydrogen-bond donors (Lipinski definition) is 0. The monoisotopic (exact) mass is 371 g/mol. The fourth-order valence-electron chi connectivity index (χ4n) is 3.73. The Labute approximate surface area is 158 Å². The van der Waals surface area contributed by atoms with Gasteiger partial charge in [-0.2, -0.15) is 0 Å². The molecule has 2 aromatic rings. The Balaban J connectivity index is 1.40. The summed E-state index contributed by atoms with van der Waals surface area (Å²) in [5.74, 6) is 0.844. The number of aromatic nitrogens is 1. The molecule has 4 rings (SSSR count). The van der Waals surface area contributed by atoms with E-state index < -0.39 is 0 Å². The van der Waals surface area contributed by atoms with Crippen molar-refractivity contribution in [1.82, 2.24) is 9.88 Å². The Hall–Kier alpha value is -2.08. The highest BCUT2D eigenvalue weighted by atomic mass is 32.1. The van der Waals surface area contributed by atoms with E-state index in [1.54, 1.807) is 11.3 Å². The van der Waals surface area contributed by atoms with E-state index in [1.165, 1.54) is 6.42 Å². The van der Waals surface area contributed by atoms with E-state index in [0.717, 1.165) is 62.7 Å². The van der Waals surface area contributed by atoms with Gasteiger partial charge in [-0.3, -0.25) is 4.79 Å². The average Bonchev–Trinajstić information content (AvgIpc) is 3.24. The lowest BCUT2D eigenvalue weighted by molar-refractivity contribution is 0.0715. The molecule has 2 fully saturated rings. The Morgan fingerprint density at radius 3 is 2.58 bits per heavy atom. The number of rotatable bonds is 4. The van der Waals surface area contributed by atoms with Crippen molar-refractivity contribution in [1.29, 1.82) is 0 Å². The first-order chi connectivity index (χ1) is 12.8. The van der Waals surface area contributed by atoms with Crippen LogP contribution in [0.5, 0.6) is 5.75 Å². The molecule has 2 saturated heterocycles. The van der Waals surface area contributed by atoms with Crippen LogP contribution in [-0.2, 0) is 0 Å². The zero-order chi connectivity index (χ0) is 17.8. The normalized spacial score (nSPS) is 18.8. The number of likely N-dealkylation sites (tertiary alicyclic amines) is 1. The van der Waals surface area contributed by atoms with Crippen LogP contribution in [-0.4, -0.2) is 48.1 Å². The minimum Gasteiger partial charge on any atom is -0.489 e. The molecular weight excluding hydrogens is 346 g/mol. The first-order valence-corrected chi connectivity index (χ1v) is 10.4. The van der Waals surface area contributed by atoms with E-state index in [1.807, 2.05) is 40.7 Å². The van der Waals surface area contributed by atoms with Crippen molar-refractivity contribution in [2.24, 2.45) is 0 Å². The summed E-state index contributed by atoms with van der Waals surface area (Å²) >= 11 is 1.68. The van der Waals surface area contributed by atoms with Gasteiger partial charge in [0.1, 0.15) is 11.9 Å². The molecule has 0 unspecified atom stereocenters. The lowest BCUT2D eigenvalue weighted by Gasteiger charge is -2.32. The summed E-state index contributed by atoms with van der Waals surface area (Å²) in [7, 11) is 0. The highest BCUT2D eigenvalue weighted by molar-refractivity contribution is 7.13. The number of para-hydroxylation sites is 1. The largest absolute Gasteiger partial charge is 0.489 e. The second-order valence-electron chi connectivity index (χ2n) is 6.97. The molecule has 6 heteroatoms. The summed E-state index contributed by atoms with van der Waals surface area (Å²) in [6.07, 6.45) is 7.33. The number of amides is 1. The SMILES string of the molecule is O=C(c1ccccc1OC1CCN(c2nccs2)CC1)N1CCCCC1. The summed E-state index contributed by atoms with van der Waals surface area (Å²) in [5, 5.41) is 3.10. The Kier molecular flexibility index (Phi) is 5.39. The maximum absolute atomic E-state index is 12.9. The number of thiazole rings is 1. The van der Waals surface area contributed by atoms with Gasteiger partial charge in [-0.15, -0.1) is 11.3 Å². The fourth-order valence-corrected chi connectivity index (χ4v) is 4.43. The molecule has 0 spiro atoms. The Morgan fingerprint density at radius 2 is 1.85 bits per heavy atom. The molecule has 2 aliphatic rings. The van der Waals surface area contributed by atoms with Crippen LogP contribution in [0, 0.1) is 0 Å². The van der Waals surface area contributed by atoms with E-state index in [0.29, 0.717) is 5.56 Å². The standard InChI is InChI=1S/C20H25N3O2S/c24-19(22-11-4-1-5-12-22)17-6-2-3-7-18(17)25-16-8-13-23(14-9-16)20-21-10-15-26-20/h2-3,6-7,10,15-16H,1,4-5,8-9,11-14H2. The van der Waals surface area contributed by atoms with Crippen LogP contribution in [0.1, 0.15) is 42.5 Å². The van der Waals surface area contributed by atoms with Crippen molar-refractivity contribution in [2.75, 3.05) is 31.1 Å². The molecule has 26 heavy (non-hydrogen) atoms. The van der Waals surface area contributed by atoms with Crippen molar-refractivity contribution in [3.63, 3.8) is 0 Å². The van der Waals surface area contributed by atoms with Gasteiger partial charge >= 0.3 is 0 Å². The molecule has 2 aliphatic heterocycles. The molecule has 0 saturated carbocycles. The number of carbonyl (C=O) groups excluding carboxylic acids is 1. The second-order valence-corrected chi connectivity index (χ2v) is 7.84. The van der Waals surface area contributed by atoms with Crippen molar-refractivity contribution in [3.8, 4) is 5.75 Å². The highest BCUT2D eigenvalue weighted by Gasteiger charge is 2.25. The van der Waals surface area contributed by atoms with E-state index in [9.17, 15) is 4.79 Å². The van der Waals surface area contributed by atoms with Crippen LogP contribution in [0.2, 0.25) is 0 Å². The number of carbonyl (C=O) groups is 1. The molecule has 3 heterocycles. The van der Waals surface area contributed by atoms with Gasteiger partial charge in [0.2, 0.25) is 0 Å². The van der Waals surface area contributed by atoms with Gasteiger partial charge in [-0.05, 0) is 31.4 Å². The van der Waals surface area contributed by atoms with Gasteiger partial charge in [0, 0.05) is 50.6 Å². The van der Waals surface area contributed by atoms with Crippen LogP contribution in [0.15, 0.2) is 35.8 Å². The van der Waals surface area contributed by atoms with E-state index in [-0.39, 0.29) is 12.0 Å². The Morgan fingerprint density at radius 1 is 1.08 bits per heavy atom. The van der Waals surface area contributed by atoms with Gasteiger partial charge < -0.3 is 14.5 Å². The first-order valence-electron chi connectivity index (χ1n) is 9.50. The molecule has 0 radical (unpaired) electrons. The lowest BCUT2D eigenvalue weighted by Crippen LogP contribution is -2.39. The average molecular weight is 372 g/mol.